The second-order valence-electron chi connectivity index (χ2n) is 4.93. The topological polar surface area (TPSA) is 30.2 Å². The minimum atomic E-state index is 0.0212. The van der Waals surface area contributed by atoms with Crippen LogP contribution >= 0.6 is 0 Å². The average molecular weight is 264 g/mol. The van der Waals surface area contributed by atoms with E-state index in [4.69, 9.17) is 4.42 Å². The smallest absolute Gasteiger partial charge is 0.196 e. The number of fused-ring (bicyclic) bond motifs is 1. The Balaban J connectivity index is 2.02. The van der Waals surface area contributed by atoms with Gasteiger partial charge in [0.1, 0.15) is 11.8 Å². The monoisotopic (exact) mass is 264 g/mol. The van der Waals surface area contributed by atoms with Crippen molar-refractivity contribution in [2.45, 2.75) is 19.8 Å². The fourth-order valence-electron chi connectivity index (χ4n) is 2.47. The summed E-state index contributed by atoms with van der Waals surface area (Å²) in [5.41, 5.74) is 3.31. The minimum Gasteiger partial charge on any atom is -0.464 e. The minimum absolute atomic E-state index is 0.0212. The van der Waals surface area contributed by atoms with Crippen LogP contribution in [0.2, 0.25) is 0 Å². The lowest BCUT2D eigenvalue weighted by Gasteiger charge is -2.03. The third kappa shape index (κ3) is 2.25. The van der Waals surface area contributed by atoms with Gasteiger partial charge in [0.05, 0.1) is 5.56 Å². The third-order valence-corrected chi connectivity index (χ3v) is 3.45. The van der Waals surface area contributed by atoms with E-state index in [-0.39, 0.29) is 5.78 Å². The Morgan fingerprint density at radius 1 is 1.10 bits per heavy atom. The maximum atomic E-state index is 12.6. The standard InChI is InChI=1S/C18H16O2/c1-2-6-13-7-5-8-14(11-13)18(19)16-12-20-17-10-4-3-9-15(16)17/h3-5,7-12H,2,6H2,1H3. The molecule has 3 aromatic rings. The number of hydrogen-bond acceptors (Lipinski definition) is 2. The molecule has 0 unspecified atom stereocenters. The SMILES string of the molecule is CCCc1cccc(C(=O)c2coc3ccccc23)c1. The van der Waals surface area contributed by atoms with Gasteiger partial charge in [-0.15, -0.1) is 0 Å². The zero-order chi connectivity index (χ0) is 13.9. The highest BCUT2D eigenvalue weighted by Gasteiger charge is 2.15. The van der Waals surface area contributed by atoms with E-state index in [0.717, 1.165) is 29.4 Å². The molecule has 2 heteroatoms. The summed E-state index contributed by atoms with van der Waals surface area (Å²) in [6.07, 6.45) is 3.62. The summed E-state index contributed by atoms with van der Waals surface area (Å²) < 4.78 is 5.45. The van der Waals surface area contributed by atoms with Crippen molar-refractivity contribution in [3.05, 3.63) is 71.5 Å². The first-order chi connectivity index (χ1) is 9.79. The van der Waals surface area contributed by atoms with Gasteiger partial charge in [-0.2, -0.15) is 0 Å². The van der Waals surface area contributed by atoms with Crippen LogP contribution in [0.1, 0.15) is 34.8 Å². The van der Waals surface area contributed by atoms with Gasteiger partial charge in [-0.1, -0.05) is 49.7 Å². The third-order valence-electron chi connectivity index (χ3n) is 3.45. The summed E-state index contributed by atoms with van der Waals surface area (Å²) in [5, 5.41) is 0.874. The Labute approximate surface area is 118 Å². The lowest BCUT2D eigenvalue weighted by molar-refractivity contribution is 0.103. The molecule has 3 rings (SSSR count). The van der Waals surface area contributed by atoms with E-state index in [1.807, 2.05) is 42.5 Å². The highest BCUT2D eigenvalue weighted by Crippen LogP contribution is 2.23. The van der Waals surface area contributed by atoms with E-state index < -0.39 is 0 Å². The highest BCUT2D eigenvalue weighted by atomic mass is 16.3. The van der Waals surface area contributed by atoms with Crippen molar-refractivity contribution in [1.29, 1.82) is 0 Å². The summed E-state index contributed by atoms with van der Waals surface area (Å²) in [4.78, 5) is 12.6. The first kappa shape index (κ1) is 12.7. The van der Waals surface area contributed by atoms with Crippen LogP contribution in [-0.2, 0) is 6.42 Å². The summed E-state index contributed by atoms with van der Waals surface area (Å²) in [5.74, 6) is 0.0212. The van der Waals surface area contributed by atoms with Crippen molar-refractivity contribution < 1.29 is 9.21 Å². The molecule has 20 heavy (non-hydrogen) atoms. The molecule has 0 radical (unpaired) electrons. The van der Waals surface area contributed by atoms with Gasteiger partial charge >= 0.3 is 0 Å². The Bertz CT molecular complexity index is 753. The quantitative estimate of drug-likeness (QED) is 0.644. The van der Waals surface area contributed by atoms with Gasteiger partial charge in [-0.3, -0.25) is 4.79 Å². The summed E-state index contributed by atoms with van der Waals surface area (Å²) in [6.45, 7) is 2.14. The first-order valence-electron chi connectivity index (χ1n) is 6.89. The predicted octanol–water partition coefficient (Wildman–Crippen LogP) is 4.62. The van der Waals surface area contributed by atoms with Crippen molar-refractivity contribution in [2.24, 2.45) is 0 Å². The fourth-order valence-corrected chi connectivity index (χ4v) is 2.47. The molecule has 2 nitrogen and oxygen atoms in total. The lowest BCUT2D eigenvalue weighted by atomic mass is 9.99. The maximum absolute atomic E-state index is 12.6. The molecule has 0 saturated heterocycles. The van der Waals surface area contributed by atoms with Gasteiger partial charge in [-0.25, -0.2) is 0 Å². The molecule has 0 saturated carbocycles. The van der Waals surface area contributed by atoms with Gasteiger partial charge in [0, 0.05) is 10.9 Å². The van der Waals surface area contributed by atoms with Gasteiger partial charge in [0.25, 0.3) is 0 Å². The molecule has 0 N–H and O–H groups in total. The fraction of sp³-hybridized carbons (Fsp3) is 0.167. The van der Waals surface area contributed by atoms with Crippen LogP contribution in [0.25, 0.3) is 11.0 Å². The molecule has 1 aromatic heterocycles. The second kappa shape index (κ2) is 5.33. The van der Waals surface area contributed by atoms with Crippen LogP contribution in [0.4, 0.5) is 0 Å². The number of carbonyl (C=O) groups excluding carboxylic acids is 1. The van der Waals surface area contributed by atoms with Crippen molar-refractivity contribution in [3.63, 3.8) is 0 Å². The first-order valence-corrected chi connectivity index (χ1v) is 6.89. The molecule has 0 bridgehead atoms. The Morgan fingerprint density at radius 2 is 1.95 bits per heavy atom. The molecule has 0 aliphatic carbocycles. The maximum Gasteiger partial charge on any atom is 0.196 e. The highest BCUT2D eigenvalue weighted by molar-refractivity contribution is 6.15. The van der Waals surface area contributed by atoms with Crippen LogP contribution in [0.3, 0.4) is 0 Å². The average Bonchev–Trinajstić information content (AvgIpc) is 2.91. The molecule has 0 atom stereocenters. The molecular weight excluding hydrogens is 248 g/mol. The number of aryl methyl sites for hydroxylation is 1. The predicted molar refractivity (Wildman–Crippen MR) is 80.1 cm³/mol. The molecule has 0 aliphatic heterocycles. The van der Waals surface area contributed by atoms with E-state index in [1.54, 1.807) is 6.26 Å². The van der Waals surface area contributed by atoms with Gasteiger partial charge < -0.3 is 4.42 Å². The van der Waals surface area contributed by atoms with E-state index in [9.17, 15) is 4.79 Å². The van der Waals surface area contributed by atoms with Crippen molar-refractivity contribution in [2.75, 3.05) is 0 Å². The zero-order valence-corrected chi connectivity index (χ0v) is 11.4. The molecule has 100 valence electrons. The van der Waals surface area contributed by atoms with Crippen LogP contribution in [0.15, 0.2) is 59.2 Å². The lowest BCUT2D eigenvalue weighted by Crippen LogP contribution is -2.01. The Morgan fingerprint density at radius 3 is 2.80 bits per heavy atom. The normalized spacial score (nSPS) is 10.8. The summed E-state index contributed by atoms with van der Waals surface area (Å²) in [7, 11) is 0. The van der Waals surface area contributed by atoms with E-state index in [2.05, 4.69) is 13.0 Å². The van der Waals surface area contributed by atoms with Crippen LogP contribution < -0.4 is 0 Å². The molecular formula is C18H16O2. The largest absolute Gasteiger partial charge is 0.464 e. The van der Waals surface area contributed by atoms with E-state index >= 15 is 0 Å². The number of para-hydroxylation sites is 1. The van der Waals surface area contributed by atoms with Crippen LogP contribution in [0.5, 0.6) is 0 Å². The van der Waals surface area contributed by atoms with Crippen molar-refractivity contribution in [3.8, 4) is 0 Å². The van der Waals surface area contributed by atoms with E-state index in [0.29, 0.717) is 5.56 Å². The number of furan rings is 1. The van der Waals surface area contributed by atoms with Gasteiger partial charge in [0.15, 0.2) is 5.78 Å². The van der Waals surface area contributed by atoms with Crippen LogP contribution in [0, 0.1) is 0 Å². The number of rotatable bonds is 4. The summed E-state index contributed by atoms with van der Waals surface area (Å²) >= 11 is 0. The molecule has 0 spiro atoms. The second-order valence-corrected chi connectivity index (χ2v) is 4.93. The Kier molecular flexibility index (Phi) is 3.38. The van der Waals surface area contributed by atoms with Gasteiger partial charge in [0.2, 0.25) is 0 Å². The number of hydrogen-bond donors (Lipinski definition) is 0. The zero-order valence-electron chi connectivity index (χ0n) is 11.4. The number of carbonyl (C=O) groups is 1. The molecule has 2 aromatic carbocycles. The molecule has 1 heterocycles. The molecule has 0 fully saturated rings. The molecule has 0 aliphatic rings. The summed E-state index contributed by atoms with van der Waals surface area (Å²) in [6, 6.07) is 15.5. The number of benzene rings is 2. The molecule has 0 amide bonds. The van der Waals surface area contributed by atoms with Crippen LogP contribution in [-0.4, -0.2) is 5.78 Å². The van der Waals surface area contributed by atoms with Crippen molar-refractivity contribution >= 4 is 16.8 Å². The van der Waals surface area contributed by atoms with Crippen molar-refractivity contribution in [1.82, 2.24) is 0 Å². The van der Waals surface area contributed by atoms with E-state index in [1.165, 1.54) is 5.56 Å². The van der Waals surface area contributed by atoms with Gasteiger partial charge in [-0.05, 0) is 24.1 Å². The Hall–Kier alpha value is -2.35. The number of ketones is 1.